The van der Waals surface area contributed by atoms with Gasteiger partial charge in [-0.2, -0.15) is 0 Å². The van der Waals surface area contributed by atoms with Crippen LogP contribution in [0.25, 0.3) is 0 Å². The van der Waals surface area contributed by atoms with Gasteiger partial charge in [0.25, 0.3) is 0 Å². The van der Waals surface area contributed by atoms with Crippen LogP contribution in [0.3, 0.4) is 0 Å². The van der Waals surface area contributed by atoms with Crippen LogP contribution < -0.4 is 4.74 Å². The first-order chi connectivity index (χ1) is 6.11. The van der Waals surface area contributed by atoms with E-state index in [1.165, 1.54) is 0 Å². The Labute approximate surface area is 87.0 Å². The van der Waals surface area contributed by atoms with Crippen LogP contribution >= 0.6 is 23.2 Å². The van der Waals surface area contributed by atoms with Crippen molar-refractivity contribution in [2.75, 3.05) is 6.61 Å². The summed E-state index contributed by atoms with van der Waals surface area (Å²) in [5.74, 6) is 0.569. The fourth-order valence-corrected chi connectivity index (χ4v) is 1.37. The summed E-state index contributed by atoms with van der Waals surface area (Å²) in [6.07, 6.45) is -0.255. The zero-order chi connectivity index (χ0) is 9.84. The lowest BCUT2D eigenvalue weighted by atomic mass is 10.3. The number of ether oxygens (including phenoxy) is 1. The molecule has 1 rings (SSSR count). The van der Waals surface area contributed by atoms with Crippen molar-refractivity contribution in [2.45, 2.75) is 13.0 Å². The molecule has 0 saturated carbocycles. The summed E-state index contributed by atoms with van der Waals surface area (Å²) in [7, 11) is 0. The van der Waals surface area contributed by atoms with E-state index in [4.69, 9.17) is 33.0 Å². The summed E-state index contributed by atoms with van der Waals surface area (Å²) >= 11 is 11.5. The SMILES string of the molecule is CC(CO)Oc1cc(Cl)cc(Cl)c1. The molecule has 0 aliphatic rings. The van der Waals surface area contributed by atoms with E-state index in [1.54, 1.807) is 25.1 Å². The molecule has 1 atom stereocenters. The molecule has 0 aliphatic carbocycles. The lowest BCUT2D eigenvalue weighted by Crippen LogP contribution is -2.16. The highest BCUT2D eigenvalue weighted by Gasteiger charge is 2.03. The molecule has 0 aliphatic heterocycles. The molecule has 0 bridgehead atoms. The fourth-order valence-electron chi connectivity index (χ4n) is 0.866. The van der Waals surface area contributed by atoms with Crippen LogP contribution in [0, 0.1) is 0 Å². The summed E-state index contributed by atoms with van der Waals surface area (Å²) < 4.78 is 5.31. The van der Waals surface area contributed by atoms with Crippen LogP contribution in [-0.2, 0) is 0 Å². The quantitative estimate of drug-likeness (QED) is 0.850. The number of aliphatic hydroxyl groups is 1. The number of hydrogen-bond acceptors (Lipinski definition) is 2. The highest BCUT2D eigenvalue weighted by atomic mass is 35.5. The maximum atomic E-state index is 8.74. The number of halogens is 2. The van der Waals surface area contributed by atoms with E-state index in [1.807, 2.05) is 0 Å². The first-order valence-electron chi connectivity index (χ1n) is 3.85. The van der Waals surface area contributed by atoms with Crippen molar-refractivity contribution in [2.24, 2.45) is 0 Å². The van der Waals surface area contributed by atoms with Gasteiger partial charge in [-0.25, -0.2) is 0 Å². The van der Waals surface area contributed by atoms with Crippen LogP contribution in [0.5, 0.6) is 5.75 Å². The highest BCUT2D eigenvalue weighted by Crippen LogP contribution is 2.24. The van der Waals surface area contributed by atoms with E-state index in [2.05, 4.69) is 0 Å². The van der Waals surface area contributed by atoms with Gasteiger partial charge in [0.15, 0.2) is 0 Å². The highest BCUT2D eigenvalue weighted by molar-refractivity contribution is 6.34. The molecule has 0 aromatic heterocycles. The molecule has 0 fully saturated rings. The van der Waals surface area contributed by atoms with Crippen molar-refractivity contribution in [3.63, 3.8) is 0 Å². The predicted octanol–water partition coefficient (Wildman–Crippen LogP) is 2.75. The van der Waals surface area contributed by atoms with Crippen LogP contribution in [-0.4, -0.2) is 17.8 Å². The van der Waals surface area contributed by atoms with Gasteiger partial charge in [-0.1, -0.05) is 23.2 Å². The van der Waals surface area contributed by atoms with Gasteiger partial charge in [0.1, 0.15) is 11.9 Å². The Bertz CT molecular complexity index is 269. The van der Waals surface area contributed by atoms with E-state index in [-0.39, 0.29) is 12.7 Å². The maximum absolute atomic E-state index is 8.74. The van der Waals surface area contributed by atoms with Gasteiger partial charge in [0.05, 0.1) is 6.61 Å². The first kappa shape index (κ1) is 10.6. The number of hydrogen-bond donors (Lipinski definition) is 1. The van der Waals surface area contributed by atoms with Gasteiger partial charge in [-0.3, -0.25) is 0 Å². The minimum Gasteiger partial charge on any atom is -0.488 e. The van der Waals surface area contributed by atoms with Crippen molar-refractivity contribution in [1.29, 1.82) is 0 Å². The summed E-state index contributed by atoms with van der Waals surface area (Å²) in [5.41, 5.74) is 0. The van der Waals surface area contributed by atoms with Crippen LogP contribution in [0.15, 0.2) is 18.2 Å². The van der Waals surface area contributed by atoms with E-state index in [0.717, 1.165) is 0 Å². The summed E-state index contributed by atoms with van der Waals surface area (Å²) in [4.78, 5) is 0. The Balaban J connectivity index is 2.77. The second-order valence-corrected chi connectivity index (χ2v) is 3.59. The van der Waals surface area contributed by atoms with Gasteiger partial charge >= 0.3 is 0 Å². The Kier molecular flexibility index (Phi) is 3.85. The molecule has 2 nitrogen and oxygen atoms in total. The van der Waals surface area contributed by atoms with Crippen LogP contribution in [0.1, 0.15) is 6.92 Å². The Morgan fingerprint density at radius 2 is 1.85 bits per heavy atom. The molecule has 72 valence electrons. The zero-order valence-corrected chi connectivity index (χ0v) is 8.64. The van der Waals surface area contributed by atoms with Gasteiger partial charge in [-0.15, -0.1) is 0 Å². The summed E-state index contributed by atoms with van der Waals surface area (Å²) in [5, 5.41) is 9.79. The van der Waals surface area contributed by atoms with Gasteiger partial charge in [0, 0.05) is 10.0 Å². The molecule has 0 saturated heterocycles. The monoisotopic (exact) mass is 220 g/mol. The van der Waals surface area contributed by atoms with Crippen molar-refractivity contribution in [1.82, 2.24) is 0 Å². The lowest BCUT2D eigenvalue weighted by molar-refractivity contribution is 0.130. The second kappa shape index (κ2) is 4.70. The molecule has 4 heteroatoms. The fraction of sp³-hybridized carbons (Fsp3) is 0.333. The standard InChI is InChI=1S/C9H10Cl2O2/c1-6(5-12)13-9-3-7(10)2-8(11)4-9/h2-4,6,12H,5H2,1H3. The number of benzene rings is 1. The van der Waals surface area contributed by atoms with Crippen molar-refractivity contribution in [3.8, 4) is 5.75 Å². The molecular weight excluding hydrogens is 211 g/mol. The third-order valence-electron chi connectivity index (χ3n) is 1.43. The predicted molar refractivity (Wildman–Crippen MR) is 53.6 cm³/mol. The van der Waals surface area contributed by atoms with Crippen LogP contribution in [0.4, 0.5) is 0 Å². The van der Waals surface area contributed by atoms with Crippen LogP contribution in [0.2, 0.25) is 10.0 Å². The van der Waals surface area contributed by atoms with E-state index in [9.17, 15) is 0 Å². The molecule has 1 aromatic carbocycles. The van der Waals surface area contributed by atoms with Crippen molar-refractivity contribution < 1.29 is 9.84 Å². The molecule has 0 spiro atoms. The molecule has 13 heavy (non-hydrogen) atoms. The molecular formula is C9H10Cl2O2. The Morgan fingerprint density at radius 1 is 1.31 bits per heavy atom. The summed E-state index contributed by atoms with van der Waals surface area (Å²) in [6, 6.07) is 4.93. The minimum absolute atomic E-state index is 0.0376. The normalized spacial score (nSPS) is 12.6. The topological polar surface area (TPSA) is 29.5 Å². The maximum Gasteiger partial charge on any atom is 0.122 e. The summed E-state index contributed by atoms with van der Waals surface area (Å²) in [6.45, 7) is 1.72. The smallest absolute Gasteiger partial charge is 0.122 e. The second-order valence-electron chi connectivity index (χ2n) is 2.72. The van der Waals surface area contributed by atoms with Crippen molar-refractivity contribution in [3.05, 3.63) is 28.2 Å². The average Bonchev–Trinajstić information content (AvgIpc) is 2.02. The molecule has 0 amide bonds. The van der Waals surface area contributed by atoms with Gasteiger partial charge in [-0.05, 0) is 25.1 Å². The zero-order valence-electron chi connectivity index (χ0n) is 7.13. The average molecular weight is 221 g/mol. The molecule has 0 radical (unpaired) electrons. The number of aliphatic hydroxyl groups excluding tert-OH is 1. The molecule has 1 N–H and O–H groups in total. The Hall–Kier alpha value is -0.440. The van der Waals surface area contributed by atoms with Gasteiger partial charge in [0.2, 0.25) is 0 Å². The van der Waals surface area contributed by atoms with E-state index < -0.39 is 0 Å². The molecule has 1 aromatic rings. The van der Waals surface area contributed by atoms with Crippen molar-refractivity contribution >= 4 is 23.2 Å². The Morgan fingerprint density at radius 3 is 2.31 bits per heavy atom. The first-order valence-corrected chi connectivity index (χ1v) is 4.61. The third-order valence-corrected chi connectivity index (χ3v) is 1.87. The van der Waals surface area contributed by atoms with E-state index in [0.29, 0.717) is 15.8 Å². The van der Waals surface area contributed by atoms with Gasteiger partial charge < -0.3 is 9.84 Å². The molecule has 1 unspecified atom stereocenters. The van der Waals surface area contributed by atoms with E-state index >= 15 is 0 Å². The third kappa shape index (κ3) is 3.43. The minimum atomic E-state index is -0.255. The largest absolute Gasteiger partial charge is 0.488 e. The lowest BCUT2D eigenvalue weighted by Gasteiger charge is -2.12. The molecule has 0 heterocycles. The number of rotatable bonds is 3.